The molecule has 0 saturated heterocycles. The molecule has 25 heavy (non-hydrogen) atoms. The number of carbonyl (C=O) groups excluding carboxylic acids is 1. The van der Waals surface area contributed by atoms with Gasteiger partial charge in [0, 0.05) is 18.7 Å². The number of carbonyl (C=O) groups is 1. The fourth-order valence-corrected chi connectivity index (χ4v) is 3.30. The van der Waals surface area contributed by atoms with Gasteiger partial charge in [0.05, 0.1) is 39.4 Å². The summed E-state index contributed by atoms with van der Waals surface area (Å²) in [5.41, 5.74) is 1.84. The van der Waals surface area contributed by atoms with Crippen molar-refractivity contribution >= 4 is 23.3 Å². The number of methoxy groups -OCH3 is 1. The molecule has 0 aliphatic carbocycles. The maximum atomic E-state index is 13.6. The van der Waals surface area contributed by atoms with Crippen LogP contribution in [-0.2, 0) is 9.53 Å². The van der Waals surface area contributed by atoms with Crippen molar-refractivity contribution in [2.45, 2.75) is 19.4 Å². The van der Waals surface area contributed by atoms with Gasteiger partial charge < -0.3 is 19.9 Å². The number of hydrogen-bond donors (Lipinski definition) is 2. The van der Waals surface area contributed by atoms with E-state index in [1.807, 2.05) is 11.8 Å². The lowest BCUT2D eigenvalue weighted by atomic mass is 9.95. The standard InChI is InChI=1S/C18H24FN3O2S/c1-12-15(17(23)24-4)16(13-7-5-8-14(19)11-13)20-18(25)22(12)10-6-9-21(2)3/h5,7-8,11,16H,6,9-10H2,1-4H3,(H,20,25)/p+1/t16-/m1/s1. The van der Waals surface area contributed by atoms with Crippen LogP contribution >= 0.6 is 12.2 Å². The predicted octanol–water partition coefficient (Wildman–Crippen LogP) is 1.04. The summed E-state index contributed by atoms with van der Waals surface area (Å²) in [6.45, 7) is 3.56. The minimum absolute atomic E-state index is 0.358. The van der Waals surface area contributed by atoms with Gasteiger partial charge in [-0.25, -0.2) is 9.18 Å². The first kappa shape index (κ1) is 19.3. The van der Waals surface area contributed by atoms with Crippen molar-refractivity contribution in [1.29, 1.82) is 0 Å². The Labute approximate surface area is 153 Å². The molecule has 1 aliphatic heterocycles. The number of thiocarbonyl (C=S) groups is 1. The van der Waals surface area contributed by atoms with Crippen molar-refractivity contribution in [2.24, 2.45) is 0 Å². The molecule has 0 radical (unpaired) electrons. The summed E-state index contributed by atoms with van der Waals surface area (Å²) in [4.78, 5) is 15.7. The number of rotatable bonds is 6. The summed E-state index contributed by atoms with van der Waals surface area (Å²) in [7, 11) is 5.53. The van der Waals surface area contributed by atoms with Gasteiger partial charge in [-0.3, -0.25) is 0 Å². The van der Waals surface area contributed by atoms with E-state index in [0.717, 1.165) is 18.7 Å². The average Bonchev–Trinajstić information content (AvgIpc) is 2.56. The van der Waals surface area contributed by atoms with Crippen LogP contribution in [0.5, 0.6) is 0 Å². The molecule has 0 unspecified atom stereocenters. The largest absolute Gasteiger partial charge is 0.466 e. The van der Waals surface area contributed by atoms with E-state index in [2.05, 4.69) is 19.4 Å². The molecule has 2 rings (SSSR count). The Kier molecular flexibility index (Phi) is 6.50. The van der Waals surface area contributed by atoms with Gasteiger partial charge in [-0.1, -0.05) is 12.1 Å². The second kappa shape index (κ2) is 8.40. The first-order valence-electron chi connectivity index (χ1n) is 8.26. The molecule has 7 heteroatoms. The van der Waals surface area contributed by atoms with Crippen LogP contribution < -0.4 is 10.2 Å². The monoisotopic (exact) mass is 366 g/mol. The zero-order chi connectivity index (χ0) is 18.6. The van der Waals surface area contributed by atoms with Gasteiger partial charge in [0.25, 0.3) is 0 Å². The van der Waals surface area contributed by atoms with E-state index >= 15 is 0 Å². The van der Waals surface area contributed by atoms with E-state index in [1.54, 1.807) is 12.1 Å². The maximum Gasteiger partial charge on any atom is 0.337 e. The average molecular weight is 366 g/mol. The number of halogens is 1. The van der Waals surface area contributed by atoms with Crippen LogP contribution in [0.15, 0.2) is 35.5 Å². The predicted molar refractivity (Wildman–Crippen MR) is 98.6 cm³/mol. The van der Waals surface area contributed by atoms with Crippen LogP contribution in [-0.4, -0.2) is 50.3 Å². The highest BCUT2D eigenvalue weighted by atomic mass is 32.1. The number of quaternary nitrogens is 1. The summed E-state index contributed by atoms with van der Waals surface area (Å²) in [5.74, 6) is -0.798. The number of esters is 1. The van der Waals surface area contributed by atoms with Crippen molar-refractivity contribution < 1.29 is 18.8 Å². The summed E-state index contributed by atoms with van der Waals surface area (Å²) in [5, 5.41) is 3.70. The molecule has 0 fully saturated rings. The third-order valence-corrected chi connectivity index (χ3v) is 4.58. The van der Waals surface area contributed by atoms with Crippen molar-refractivity contribution in [1.82, 2.24) is 10.2 Å². The Hall–Kier alpha value is -1.99. The van der Waals surface area contributed by atoms with Crippen LogP contribution in [0.2, 0.25) is 0 Å². The van der Waals surface area contributed by atoms with Crippen molar-refractivity contribution in [3.8, 4) is 0 Å². The molecule has 1 aliphatic rings. The molecule has 2 N–H and O–H groups in total. The van der Waals surface area contributed by atoms with E-state index in [0.29, 0.717) is 22.8 Å². The summed E-state index contributed by atoms with van der Waals surface area (Å²) in [6, 6.07) is 5.64. The van der Waals surface area contributed by atoms with Crippen molar-refractivity contribution in [3.05, 3.63) is 46.9 Å². The van der Waals surface area contributed by atoms with E-state index in [-0.39, 0.29) is 5.82 Å². The summed E-state index contributed by atoms with van der Waals surface area (Å²) in [6.07, 6.45) is 0.931. The highest BCUT2D eigenvalue weighted by Crippen LogP contribution is 2.31. The number of allylic oxidation sites excluding steroid dienone is 1. The Balaban J connectivity index is 2.37. The van der Waals surface area contributed by atoms with E-state index in [9.17, 15) is 9.18 Å². The number of ether oxygens (including phenoxy) is 1. The molecular weight excluding hydrogens is 341 g/mol. The lowest BCUT2D eigenvalue weighted by molar-refractivity contribution is -0.858. The quantitative estimate of drug-likeness (QED) is 0.582. The molecule has 1 atom stereocenters. The minimum Gasteiger partial charge on any atom is -0.466 e. The molecule has 136 valence electrons. The lowest BCUT2D eigenvalue weighted by Gasteiger charge is -2.37. The normalized spacial score (nSPS) is 17.8. The smallest absolute Gasteiger partial charge is 0.337 e. The van der Waals surface area contributed by atoms with Crippen LogP contribution in [0.3, 0.4) is 0 Å². The maximum absolute atomic E-state index is 13.6. The fraction of sp³-hybridized carbons (Fsp3) is 0.444. The second-order valence-electron chi connectivity index (χ2n) is 6.39. The third-order valence-electron chi connectivity index (χ3n) is 4.24. The van der Waals surface area contributed by atoms with Gasteiger partial charge in [-0.15, -0.1) is 0 Å². The molecule has 0 amide bonds. The highest BCUT2D eigenvalue weighted by Gasteiger charge is 2.34. The van der Waals surface area contributed by atoms with Gasteiger partial charge in [-0.05, 0) is 36.8 Å². The number of hydrogen-bond acceptors (Lipinski definition) is 3. The second-order valence-corrected chi connectivity index (χ2v) is 6.78. The van der Waals surface area contributed by atoms with Crippen LogP contribution in [0.1, 0.15) is 24.9 Å². The molecule has 0 aromatic heterocycles. The van der Waals surface area contributed by atoms with Crippen LogP contribution in [0.4, 0.5) is 4.39 Å². The minimum atomic E-state index is -0.522. The Morgan fingerprint density at radius 3 is 2.76 bits per heavy atom. The van der Waals surface area contributed by atoms with Gasteiger partial charge >= 0.3 is 5.97 Å². The van der Waals surface area contributed by atoms with Gasteiger partial charge in [0.15, 0.2) is 5.11 Å². The van der Waals surface area contributed by atoms with Gasteiger partial charge in [0.2, 0.25) is 0 Å². The Morgan fingerprint density at radius 2 is 2.16 bits per heavy atom. The van der Waals surface area contributed by atoms with Gasteiger partial charge in [-0.2, -0.15) is 0 Å². The van der Waals surface area contributed by atoms with Crippen LogP contribution in [0.25, 0.3) is 0 Å². The topological polar surface area (TPSA) is 46.0 Å². The fourth-order valence-electron chi connectivity index (χ4n) is 2.95. The molecular formula is C18H25FN3O2S+. The zero-order valence-corrected chi connectivity index (χ0v) is 15.9. The van der Waals surface area contributed by atoms with Crippen molar-refractivity contribution in [3.63, 3.8) is 0 Å². The van der Waals surface area contributed by atoms with Gasteiger partial charge in [0.1, 0.15) is 5.82 Å². The van der Waals surface area contributed by atoms with E-state index in [1.165, 1.54) is 24.1 Å². The van der Waals surface area contributed by atoms with E-state index in [4.69, 9.17) is 17.0 Å². The first-order valence-corrected chi connectivity index (χ1v) is 8.67. The first-order chi connectivity index (χ1) is 11.8. The third kappa shape index (κ3) is 4.55. The molecule has 1 heterocycles. The summed E-state index contributed by atoms with van der Waals surface area (Å²) < 4.78 is 18.6. The molecule has 0 bridgehead atoms. The molecule has 0 saturated carbocycles. The highest BCUT2D eigenvalue weighted by molar-refractivity contribution is 7.80. The van der Waals surface area contributed by atoms with E-state index < -0.39 is 12.0 Å². The molecule has 1 aromatic carbocycles. The number of nitrogens with zero attached hydrogens (tertiary/aromatic N) is 1. The number of benzene rings is 1. The molecule has 5 nitrogen and oxygen atoms in total. The molecule has 0 spiro atoms. The Morgan fingerprint density at radius 1 is 1.44 bits per heavy atom. The summed E-state index contributed by atoms with van der Waals surface area (Å²) >= 11 is 5.50. The molecule has 1 aromatic rings. The zero-order valence-electron chi connectivity index (χ0n) is 15.1. The van der Waals surface area contributed by atoms with Crippen molar-refractivity contribution in [2.75, 3.05) is 34.3 Å². The van der Waals surface area contributed by atoms with Crippen LogP contribution in [0, 0.1) is 5.82 Å². The lowest BCUT2D eigenvalue weighted by Crippen LogP contribution is -3.05. The SMILES string of the molecule is COC(=O)C1=C(C)N(CCC[NH+](C)C)C(=S)N[C@@H]1c1cccc(F)c1. The Bertz CT molecular complexity index is 691. The number of nitrogens with one attached hydrogen (secondary N) is 2.